The quantitative estimate of drug-likeness (QED) is 0.261. The van der Waals surface area contributed by atoms with Gasteiger partial charge in [-0.15, -0.1) is 0 Å². The molecule has 0 spiro atoms. The van der Waals surface area contributed by atoms with Gasteiger partial charge in [0.2, 0.25) is 0 Å². The second kappa shape index (κ2) is 12.9. The van der Waals surface area contributed by atoms with Gasteiger partial charge < -0.3 is 14.2 Å². The number of fused-ring (bicyclic) bond motifs is 1. The Morgan fingerprint density at radius 3 is 2.42 bits per heavy atom. The lowest BCUT2D eigenvalue weighted by Gasteiger charge is -2.35. The van der Waals surface area contributed by atoms with E-state index in [1.54, 1.807) is 12.1 Å². The SMILES string of the molecule is CCCN(CCCCNC(=O)c1ccc(-c2ccccc2)cc1)C1COc2c(cccc2OS(C)(=O)=O)C1. The first kappa shape index (κ1) is 27.7. The molecule has 1 unspecified atom stereocenters. The van der Waals surface area contributed by atoms with Crippen molar-refractivity contribution in [3.8, 4) is 22.6 Å². The first-order chi connectivity index (χ1) is 18.3. The Labute approximate surface area is 225 Å². The summed E-state index contributed by atoms with van der Waals surface area (Å²) in [5, 5.41) is 3.04. The zero-order chi connectivity index (χ0) is 27.0. The van der Waals surface area contributed by atoms with E-state index in [2.05, 4.69) is 29.3 Å². The number of para-hydroxylation sites is 1. The summed E-state index contributed by atoms with van der Waals surface area (Å²) in [5.41, 5.74) is 3.83. The maximum atomic E-state index is 12.6. The molecule has 1 aliphatic heterocycles. The molecule has 1 N–H and O–H groups in total. The zero-order valence-electron chi connectivity index (χ0n) is 22.1. The van der Waals surface area contributed by atoms with E-state index >= 15 is 0 Å². The Hall–Kier alpha value is -3.36. The van der Waals surface area contributed by atoms with Gasteiger partial charge in [0, 0.05) is 18.2 Å². The van der Waals surface area contributed by atoms with Gasteiger partial charge in [0.25, 0.3) is 5.91 Å². The fourth-order valence-electron chi connectivity index (χ4n) is 4.79. The van der Waals surface area contributed by atoms with Gasteiger partial charge in [-0.25, -0.2) is 0 Å². The molecule has 0 aliphatic carbocycles. The van der Waals surface area contributed by atoms with E-state index in [0.717, 1.165) is 61.7 Å². The standard InChI is InChI=1S/C30H36N2O5S/c1-3-19-32(27-21-26-12-9-13-28(29(26)36-22-27)37-38(2,34)35)20-8-7-18-31-30(33)25-16-14-24(15-17-25)23-10-5-4-6-11-23/h4-6,9-17,27H,3,7-8,18-22H2,1-2H3,(H,31,33). The van der Waals surface area contributed by atoms with Crippen molar-refractivity contribution in [1.82, 2.24) is 10.2 Å². The van der Waals surface area contributed by atoms with Crippen LogP contribution >= 0.6 is 0 Å². The van der Waals surface area contributed by atoms with Crippen molar-refractivity contribution < 1.29 is 22.1 Å². The van der Waals surface area contributed by atoms with Gasteiger partial charge in [-0.1, -0.05) is 61.5 Å². The van der Waals surface area contributed by atoms with E-state index in [1.807, 2.05) is 48.5 Å². The number of carbonyl (C=O) groups excluding carboxylic acids is 1. The summed E-state index contributed by atoms with van der Waals surface area (Å²) in [5.74, 6) is 0.709. The highest BCUT2D eigenvalue weighted by Crippen LogP contribution is 2.36. The minimum absolute atomic E-state index is 0.0561. The van der Waals surface area contributed by atoms with Gasteiger partial charge in [0.15, 0.2) is 11.5 Å². The molecule has 1 amide bonds. The predicted octanol–water partition coefficient (Wildman–Crippen LogP) is 4.92. The summed E-state index contributed by atoms with van der Waals surface area (Å²) in [6.45, 7) is 5.11. The third-order valence-corrected chi connectivity index (χ3v) is 7.10. The number of amides is 1. The Bertz CT molecular complexity index is 1310. The Kier molecular flexibility index (Phi) is 9.42. The minimum Gasteiger partial charge on any atom is -0.488 e. The van der Waals surface area contributed by atoms with Crippen LogP contribution in [0.2, 0.25) is 0 Å². The fourth-order valence-corrected chi connectivity index (χ4v) is 5.25. The first-order valence-corrected chi connectivity index (χ1v) is 15.0. The lowest BCUT2D eigenvalue weighted by atomic mass is 10.0. The number of hydrogen-bond donors (Lipinski definition) is 1. The van der Waals surface area contributed by atoms with Crippen LogP contribution in [0.3, 0.4) is 0 Å². The van der Waals surface area contributed by atoms with Crippen LogP contribution in [0.4, 0.5) is 0 Å². The molecule has 0 aromatic heterocycles. The smallest absolute Gasteiger partial charge is 0.306 e. The van der Waals surface area contributed by atoms with Crippen LogP contribution in [0.15, 0.2) is 72.8 Å². The van der Waals surface area contributed by atoms with Crippen LogP contribution in [-0.2, 0) is 16.5 Å². The summed E-state index contributed by atoms with van der Waals surface area (Å²) in [6, 6.07) is 23.4. The van der Waals surface area contributed by atoms with Gasteiger partial charge >= 0.3 is 10.1 Å². The molecule has 8 heteroatoms. The highest BCUT2D eigenvalue weighted by molar-refractivity contribution is 7.86. The van der Waals surface area contributed by atoms with Crippen molar-refractivity contribution in [2.24, 2.45) is 0 Å². The Morgan fingerprint density at radius 1 is 0.974 bits per heavy atom. The monoisotopic (exact) mass is 536 g/mol. The lowest BCUT2D eigenvalue weighted by Crippen LogP contribution is -2.44. The summed E-state index contributed by atoms with van der Waals surface area (Å²) in [7, 11) is -3.62. The van der Waals surface area contributed by atoms with Gasteiger partial charge in [-0.2, -0.15) is 8.42 Å². The van der Waals surface area contributed by atoms with Gasteiger partial charge in [-0.3, -0.25) is 9.69 Å². The second-order valence-corrected chi connectivity index (χ2v) is 11.2. The molecule has 0 saturated carbocycles. The highest BCUT2D eigenvalue weighted by atomic mass is 32.2. The Morgan fingerprint density at radius 2 is 1.71 bits per heavy atom. The molecule has 1 aliphatic rings. The van der Waals surface area contributed by atoms with Crippen molar-refractivity contribution in [1.29, 1.82) is 0 Å². The molecule has 3 aromatic rings. The molecule has 7 nitrogen and oxygen atoms in total. The number of rotatable bonds is 12. The van der Waals surface area contributed by atoms with Crippen LogP contribution in [0, 0.1) is 0 Å². The number of ether oxygens (including phenoxy) is 1. The fraction of sp³-hybridized carbons (Fsp3) is 0.367. The van der Waals surface area contributed by atoms with Gasteiger partial charge in [-0.05, 0) is 73.7 Å². The number of nitrogens with one attached hydrogen (secondary N) is 1. The second-order valence-electron chi connectivity index (χ2n) is 9.64. The maximum Gasteiger partial charge on any atom is 0.306 e. The molecule has 202 valence electrons. The predicted molar refractivity (Wildman–Crippen MR) is 150 cm³/mol. The topological polar surface area (TPSA) is 84.9 Å². The largest absolute Gasteiger partial charge is 0.488 e. The van der Waals surface area contributed by atoms with Gasteiger partial charge in [0.1, 0.15) is 6.61 Å². The normalized spacial score (nSPS) is 15.0. The minimum atomic E-state index is -3.62. The number of benzene rings is 3. The van der Waals surface area contributed by atoms with E-state index in [-0.39, 0.29) is 17.7 Å². The highest BCUT2D eigenvalue weighted by Gasteiger charge is 2.27. The van der Waals surface area contributed by atoms with E-state index in [1.165, 1.54) is 0 Å². The third-order valence-electron chi connectivity index (χ3n) is 6.62. The van der Waals surface area contributed by atoms with Crippen molar-refractivity contribution in [2.75, 3.05) is 32.5 Å². The zero-order valence-corrected chi connectivity index (χ0v) is 22.9. The number of nitrogens with zero attached hydrogens (tertiary/aromatic N) is 1. The van der Waals surface area contributed by atoms with Crippen LogP contribution in [0.1, 0.15) is 42.1 Å². The van der Waals surface area contributed by atoms with Crippen LogP contribution in [0.5, 0.6) is 11.5 Å². The first-order valence-electron chi connectivity index (χ1n) is 13.2. The maximum absolute atomic E-state index is 12.6. The molecule has 0 bridgehead atoms. The van der Waals surface area contributed by atoms with Gasteiger partial charge in [0.05, 0.1) is 6.26 Å². The van der Waals surface area contributed by atoms with Crippen molar-refractivity contribution in [3.63, 3.8) is 0 Å². The molecule has 4 rings (SSSR count). The molecule has 3 aromatic carbocycles. The number of carbonyl (C=O) groups is 1. The number of hydrogen-bond acceptors (Lipinski definition) is 6. The van der Waals surface area contributed by atoms with E-state index in [9.17, 15) is 13.2 Å². The van der Waals surface area contributed by atoms with Crippen LogP contribution < -0.4 is 14.2 Å². The molecule has 0 radical (unpaired) electrons. The van der Waals surface area contributed by atoms with E-state index in [0.29, 0.717) is 24.5 Å². The van der Waals surface area contributed by atoms with Crippen molar-refractivity contribution >= 4 is 16.0 Å². The summed E-state index contributed by atoms with van der Waals surface area (Å²) in [6.07, 6.45) is 4.66. The molecule has 38 heavy (non-hydrogen) atoms. The van der Waals surface area contributed by atoms with Crippen LogP contribution in [-0.4, -0.2) is 57.8 Å². The van der Waals surface area contributed by atoms with Crippen LogP contribution in [0.25, 0.3) is 11.1 Å². The molecular weight excluding hydrogens is 500 g/mol. The molecule has 1 atom stereocenters. The summed E-state index contributed by atoms with van der Waals surface area (Å²) < 4.78 is 34.3. The average molecular weight is 537 g/mol. The average Bonchev–Trinajstić information content (AvgIpc) is 2.92. The van der Waals surface area contributed by atoms with E-state index in [4.69, 9.17) is 8.92 Å². The Balaban J connectivity index is 1.24. The summed E-state index contributed by atoms with van der Waals surface area (Å²) in [4.78, 5) is 15.0. The lowest BCUT2D eigenvalue weighted by molar-refractivity contribution is 0.0950. The summed E-state index contributed by atoms with van der Waals surface area (Å²) >= 11 is 0. The molecule has 0 fully saturated rings. The molecule has 1 heterocycles. The van der Waals surface area contributed by atoms with Crippen molar-refractivity contribution in [2.45, 2.75) is 38.6 Å². The van der Waals surface area contributed by atoms with E-state index < -0.39 is 10.1 Å². The van der Waals surface area contributed by atoms with Crippen molar-refractivity contribution in [3.05, 3.63) is 83.9 Å². The number of unbranched alkanes of at least 4 members (excludes halogenated alkanes) is 1. The molecular formula is C30H36N2O5S. The third kappa shape index (κ3) is 7.58. The molecule has 0 saturated heterocycles.